The molecule has 2 N–H and O–H groups in total. The number of carbonyl (C=O) groups excluding carboxylic acids is 2. The molecular weight excluding hydrogens is 574 g/mol. The highest BCUT2D eigenvalue weighted by molar-refractivity contribution is 9.10. The molecule has 1 aliphatic heterocycles. The number of rotatable bonds is 10. The van der Waals surface area contributed by atoms with E-state index in [9.17, 15) is 19.2 Å². The Labute approximate surface area is 231 Å². The first kappa shape index (κ1) is 30.3. The maximum Gasteiger partial charge on any atom is 0.330 e. The largest absolute Gasteiger partial charge is 0.458 e. The van der Waals surface area contributed by atoms with Gasteiger partial charge in [0.2, 0.25) is 5.91 Å². The van der Waals surface area contributed by atoms with Gasteiger partial charge in [0, 0.05) is 17.8 Å². The van der Waals surface area contributed by atoms with Crippen LogP contribution in [-0.4, -0.2) is 55.1 Å². The molecule has 12 heteroatoms. The molecule has 1 amide bonds. The van der Waals surface area contributed by atoms with Crippen LogP contribution in [0, 0.1) is 0 Å². The average molecular weight is 613 g/mol. The van der Waals surface area contributed by atoms with E-state index >= 15 is 0 Å². The monoisotopic (exact) mass is 611 g/mol. The normalized spacial score (nSPS) is 20.0. The molecule has 0 bridgehead atoms. The molecule has 3 atom stereocenters. The predicted octanol–water partition coefficient (Wildman–Crippen LogP) is 3.98. The molecule has 10 nitrogen and oxygen atoms in total. The summed E-state index contributed by atoms with van der Waals surface area (Å²) < 4.78 is 20.9. The lowest BCUT2D eigenvalue weighted by Crippen LogP contribution is -2.50. The summed E-state index contributed by atoms with van der Waals surface area (Å²) in [5.74, 6) is -0.955. The smallest absolute Gasteiger partial charge is 0.330 e. The first-order chi connectivity index (χ1) is 17.8. The van der Waals surface area contributed by atoms with E-state index in [-0.39, 0.29) is 25.5 Å². The van der Waals surface area contributed by atoms with Gasteiger partial charge in [0.15, 0.2) is 8.32 Å². The first-order valence-electron chi connectivity index (χ1n) is 12.9. The standard InChI is InChI=1S/C26H38BrN3O7Si/c1-14(2)38(15(3)4,16(5)6)35-13-22-21(37-24(32)12-28-17(7)31)11-23(36-22)30-20-9-8-18(27)10-19(20)25(33)29-26(30)34/h8-10,14-16,21-23H,11-13H2,1-7H3,(H,28,31)(H,29,33,34)/t21-,22+,23+/m0/s1. The SMILES string of the molecule is CC(=O)NCC(=O)O[C@H]1C[C@H](n2c(=O)[nH]c(=O)c3cc(Br)ccc32)O[C@@H]1CO[Si](C(C)C)(C(C)C)C(C)C. The van der Waals surface area contributed by atoms with Crippen molar-refractivity contribution < 1.29 is 23.5 Å². The van der Waals surface area contributed by atoms with Crippen LogP contribution in [0.1, 0.15) is 61.1 Å². The summed E-state index contributed by atoms with van der Waals surface area (Å²) in [5.41, 5.74) is 0.307. The van der Waals surface area contributed by atoms with E-state index in [1.165, 1.54) is 11.5 Å². The number of fused-ring (bicyclic) bond motifs is 1. The molecule has 210 valence electrons. The molecule has 0 spiro atoms. The third-order valence-electron chi connectivity index (χ3n) is 7.34. The van der Waals surface area contributed by atoms with Gasteiger partial charge in [-0.15, -0.1) is 0 Å². The minimum atomic E-state index is -2.26. The zero-order valence-corrected chi connectivity index (χ0v) is 25.6. The van der Waals surface area contributed by atoms with Crippen LogP contribution in [0.25, 0.3) is 10.9 Å². The first-order valence-corrected chi connectivity index (χ1v) is 15.9. The van der Waals surface area contributed by atoms with Crippen molar-refractivity contribution in [2.75, 3.05) is 13.2 Å². The van der Waals surface area contributed by atoms with Crippen molar-refractivity contribution in [3.8, 4) is 0 Å². The number of hydrogen-bond donors (Lipinski definition) is 2. The fraction of sp³-hybridized carbons (Fsp3) is 0.615. The molecular formula is C26H38BrN3O7Si. The summed E-state index contributed by atoms with van der Waals surface area (Å²) >= 11 is 3.37. The number of nitrogens with one attached hydrogen (secondary N) is 2. The molecule has 1 saturated heterocycles. The highest BCUT2D eigenvalue weighted by atomic mass is 79.9. The fourth-order valence-corrected chi connectivity index (χ4v) is 11.6. The van der Waals surface area contributed by atoms with E-state index in [2.05, 4.69) is 67.8 Å². The molecule has 0 unspecified atom stereocenters. The number of aromatic amines is 1. The van der Waals surface area contributed by atoms with Crippen LogP contribution in [-0.2, 0) is 23.5 Å². The number of amides is 1. The van der Waals surface area contributed by atoms with E-state index in [4.69, 9.17) is 13.9 Å². The van der Waals surface area contributed by atoms with Crippen LogP contribution in [0.2, 0.25) is 16.6 Å². The van der Waals surface area contributed by atoms with Crippen molar-refractivity contribution in [3.05, 3.63) is 43.5 Å². The highest BCUT2D eigenvalue weighted by Crippen LogP contribution is 2.43. The molecule has 1 aromatic carbocycles. The lowest BCUT2D eigenvalue weighted by atomic mass is 10.1. The van der Waals surface area contributed by atoms with Crippen molar-refractivity contribution in [2.45, 2.75) is 89.9 Å². The summed E-state index contributed by atoms with van der Waals surface area (Å²) in [6.07, 6.45) is -1.99. The van der Waals surface area contributed by atoms with Gasteiger partial charge < -0.3 is 19.2 Å². The van der Waals surface area contributed by atoms with Crippen LogP contribution in [0.4, 0.5) is 0 Å². The minimum absolute atomic E-state index is 0.177. The van der Waals surface area contributed by atoms with Gasteiger partial charge in [0.1, 0.15) is 25.0 Å². The van der Waals surface area contributed by atoms with Crippen LogP contribution in [0.3, 0.4) is 0 Å². The van der Waals surface area contributed by atoms with Gasteiger partial charge in [-0.1, -0.05) is 57.5 Å². The van der Waals surface area contributed by atoms with Crippen LogP contribution >= 0.6 is 15.9 Å². The lowest BCUT2D eigenvalue weighted by Gasteiger charge is -2.43. The fourth-order valence-electron chi connectivity index (χ4n) is 5.79. The Morgan fingerprint density at radius 1 is 1.16 bits per heavy atom. The number of ether oxygens (including phenoxy) is 2. The second-order valence-corrected chi connectivity index (χ2v) is 17.1. The maximum atomic E-state index is 13.0. The number of carbonyl (C=O) groups is 2. The maximum absolute atomic E-state index is 13.0. The Balaban J connectivity index is 1.97. The van der Waals surface area contributed by atoms with Crippen molar-refractivity contribution in [2.24, 2.45) is 0 Å². The molecule has 2 heterocycles. The minimum Gasteiger partial charge on any atom is -0.458 e. The van der Waals surface area contributed by atoms with Gasteiger partial charge in [-0.3, -0.25) is 23.9 Å². The van der Waals surface area contributed by atoms with Crippen LogP contribution in [0.15, 0.2) is 32.3 Å². The zero-order valence-electron chi connectivity index (χ0n) is 23.0. The van der Waals surface area contributed by atoms with E-state index < -0.39 is 44.0 Å². The summed E-state index contributed by atoms with van der Waals surface area (Å²) in [7, 11) is -2.26. The van der Waals surface area contributed by atoms with Gasteiger partial charge in [0.25, 0.3) is 5.56 Å². The molecule has 1 fully saturated rings. The third-order valence-corrected chi connectivity index (χ3v) is 13.9. The van der Waals surface area contributed by atoms with Crippen LogP contribution < -0.4 is 16.6 Å². The summed E-state index contributed by atoms with van der Waals surface area (Å²) in [4.78, 5) is 51.6. The Morgan fingerprint density at radius 3 is 2.37 bits per heavy atom. The molecule has 0 aliphatic carbocycles. The van der Waals surface area contributed by atoms with E-state index in [1.807, 2.05) is 0 Å². The Bertz CT molecular complexity index is 1270. The average Bonchev–Trinajstić information content (AvgIpc) is 3.19. The molecule has 38 heavy (non-hydrogen) atoms. The van der Waals surface area contributed by atoms with E-state index in [1.54, 1.807) is 18.2 Å². The number of halogens is 1. The second kappa shape index (κ2) is 12.3. The van der Waals surface area contributed by atoms with E-state index in [0.717, 1.165) is 0 Å². The topological polar surface area (TPSA) is 129 Å². The predicted molar refractivity (Wildman–Crippen MR) is 151 cm³/mol. The van der Waals surface area contributed by atoms with Crippen molar-refractivity contribution in [1.82, 2.24) is 14.9 Å². The zero-order chi connectivity index (χ0) is 28.4. The van der Waals surface area contributed by atoms with Crippen molar-refractivity contribution >= 4 is 47.0 Å². The van der Waals surface area contributed by atoms with Crippen molar-refractivity contribution in [3.63, 3.8) is 0 Å². The Hall–Kier alpha value is -2.28. The molecule has 1 aromatic heterocycles. The lowest BCUT2D eigenvalue weighted by molar-refractivity contribution is -0.152. The summed E-state index contributed by atoms with van der Waals surface area (Å²) in [6, 6.07) is 5.06. The van der Waals surface area contributed by atoms with Gasteiger partial charge in [-0.25, -0.2) is 4.79 Å². The highest BCUT2D eigenvalue weighted by Gasteiger charge is 2.47. The number of benzene rings is 1. The molecule has 0 saturated carbocycles. The molecule has 1 aliphatic rings. The summed E-state index contributed by atoms with van der Waals surface area (Å²) in [6.45, 7) is 14.3. The quantitative estimate of drug-likeness (QED) is 0.307. The molecule has 3 rings (SSSR count). The Kier molecular flexibility index (Phi) is 9.77. The number of hydrogen-bond acceptors (Lipinski definition) is 7. The van der Waals surface area contributed by atoms with Crippen LogP contribution in [0.5, 0.6) is 0 Å². The van der Waals surface area contributed by atoms with E-state index in [0.29, 0.717) is 32.0 Å². The number of nitrogens with zero attached hydrogens (tertiary/aromatic N) is 1. The number of aromatic nitrogens is 2. The van der Waals surface area contributed by atoms with Gasteiger partial charge in [-0.05, 0) is 34.8 Å². The summed E-state index contributed by atoms with van der Waals surface area (Å²) in [5, 5.41) is 2.77. The number of esters is 1. The van der Waals surface area contributed by atoms with Gasteiger partial charge in [-0.2, -0.15) is 0 Å². The van der Waals surface area contributed by atoms with Gasteiger partial charge >= 0.3 is 11.7 Å². The van der Waals surface area contributed by atoms with Crippen molar-refractivity contribution in [1.29, 1.82) is 0 Å². The Morgan fingerprint density at radius 2 is 1.79 bits per heavy atom. The second-order valence-electron chi connectivity index (χ2n) is 10.7. The molecule has 2 aromatic rings. The number of H-pyrrole nitrogens is 1. The van der Waals surface area contributed by atoms with Gasteiger partial charge in [0.05, 0.1) is 17.5 Å². The molecule has 0 radical (unpaired) electrons. The third kappa shape index (κ3) is 6.30.